The molecule has 126 valence electrons. The normalized spacial score (nSPS) is 16.2. The van der Waals surface area contributed by atoms with Crippen molar-refractivity contribution in [2.24, 2.45) is 0 Å². The van der Waals surface area contributed by atoms with Crippen LogP contribution < -0.4 is 9.64 Å². The van der Waals surface area contributed by atoms with Crippen molar-refractivity contribution in [2.75, 3.05) is 11.4 Å². The highest BCUT2D eigenvalue weighted by Crippen LogP contribution is 2.37. The number of benzene rings is 1. The van der Waals surface area contributed by atoms with Crippen LogP contribution in [0, 0.1) is 0 Å². The molecule has 0 unspecified atom stereocenters. The average molecular weight is 372 g/mol. The van der Waals surface area contributed by atoms with E-state index in [0.717, 1.165) is 10.7 Å². The number of anilines is 1. The molecule has 3 aromatic rings. The summed E-state index contributed by atoms with van der Waals surface area (Å²) in [6.45, 7) is 2.40. The molecule has 1 aromatic carbocycles. The smallest absolute Gasteiger partial charge is 0.270 e. The lowest BCUT2D eigenvalue weighted by molar-refractivity contribution is 0.0965. The first-order valence-electron chi connectivity index (χ1n) is 7.77. The fraction of sp³-hybridized carbons (Fsp3) is 0.167. The van der Waals surface area contributed by atoms with Gasteiger partial charge in [0.1, 0.15) is 21.7 Å². The first-order chi connectivity index (χ1) is 12.1. The van der Waals surface area contributed by atoms with E-state index in [0.29, 0.717) is 27.9 Å². The fourth-order valence-electron chi connectivity index (χ4n) is 2.72. The Bertz CT molecular complexity index is 929. The zero-order chi connectivity index (χ0) is 17.4. The lowest BCUT2D eigenvalue weighted by atomic mass is 10.2. The van der Waals surface area contributed by atoms with Gasteiger partial charge in [-0.25, -0.2) is 4.98 Å². The summed E-state index contributed by atoms with van der Waals surface area (Å²) in [5.41, 5.74) is 1.44. The van der Waals surface area contributed by atoms with E-state index < -0.39 is 0 Å². The van der Waals surface area contributed by atoms with Gasteiger partial charge in [-0.05, 0) is 37.3 Å². The number of ether oxygens (including phenoxy) is 1. The third kappa shape index (κ3) is 3.10. The van der Waals surface area contributed by atoms with E-state index in [9.17, 15) is 4.79 Å². The van der Waals surface area contributed by atoms with Crippen molar-refractivity contribution in [3.05, 3.63) is 58.7 Å². The SMILES string of the molecule is C[C@@H]1CN(C(=O)c2cnc(-c3ccccn3)s2)c2cc(Cl)ccc2O1. The number of aromatic nitrogens is 2. The van der Waals surface area contributed by atoms with Gasteiger partial charge < -0.3 is 9.64 Å². The van der Waals surface area contributed by atoms with Gasteiger partial charge in [-0.2, -0.15) is 0 Å². The second kappa shape index (κ2) is 6.46. The molecule has 0 fully saturated rings. The zero-order valence-corrected chi connectivity index (χ0v) is 14.9. The van der Waals surface area contributed by atoms with Crippen molar-refractivity contribution in [2.45, 2.75) is 13.0 Å². The highest BCUT2D eigenvalue weighted by molar-refractivity contribution is 7.17. The highest BCUT2D eigenvalue weighted by Gasteiger charge is 2.29. The van der Waals surface area contributed by atoms with Crippen LogP contribution in [-0.2, 0) is 0 Å². The van der Waals surface area contributed by atoms with Crippen molar-refractivity contribution in [1.29, 1.82) is 0 Å². The number of carbonyl (C=O) groups excluding carboxylic acids is 1. The molecule has 1 amide bonds. The molecule has 4 rings (SSSR count). The predicted octanol–water partition coefficient (Wildman–Crippen LogP) is 4.29. The van der Waals surface area contributed by atoms with Gasteiger partial charge in [0.2, 0.25) is 0 Å². The van der Waals surface area contributed by atoms with E-state index >= 15 is 0 Å². The Morgan fingerprint density at radius 1 is 1.32 bits per heavy atom. The molecule has 0 aliphatic carbocycles. The van der Waals surface area contributed by atoms with Gasteiger partial charge in [-0.15, -0.1) is 11.3 Å². The van der Waals surface area contributed by atoms with Crippen LogP contribution in [0.15, 0.2) is 48.8 Å². The molecule has 0 saturated carbocycles. The van der Waals surface area contributed by atoms with Gasteiger partial charge in [0.25, 0.3) is 5.91 Å². The average Bonchev–Trinajstić information content (AvgIpc) is 3.12. The summed E-state index contributed by atoms with van der Waals surface area (Å²) in [7, 11) is 0. The van der Waals surface area contributed by atoms with E-state index in [1.807, 2.05) is 25.1 Å². The Balaban J connectivity index is 1.68. The Hall–Kier alpha value is -2.44. The van der Waals surface area contributed by atoms with Crippen LogP contribution in [0.4, 0.5) is 5.69 Å². The van der Waals surface area contributed by atoms with Crippen molar-refractivity contribution in [1.82, 2.24) is 9.97 Å². The lowest BCUT2D eigenvalue weighted by Gasteiger charge is -2.33. The molecule has 0 saturated heterocycles. The molecule has 25 heavy (non-hydrogen) atoms. The van der Waals surface area contributed by atoms with E-state index in [-0.39, 0.29) is 12.0 Å². The summed E-state index contributed by atoms with van der Waals surface area (Å²) in [4.78, 5) is 23.9. The maximum Gasteiger partial charge on any atom is 0.270 e. The molecule has 0 spiro atoms. The van der Waals surface area contributed by atoms with Gasteiger partial charge >= 0.3 is 0 Å². The van der Waals surface area contributed by atoms with Crippen LogP contribution in [0.2, 0.25) is 5.02 Å². The van der Waals surface area contributed by atoms with Crippen molar-refractivity contribution >= 4 is 34.5 Å². The van der Waals surface area contributed by atoms with Crippen LogP contribution in [0.3, 0.4) is 0 Å². The largest absolute Gasteiger partial charge is 0.487 e. The number of thiazole rings is 1. The summed E-state index contributed by atoms with van der Waals surface area (Å²) < 4.78 is 5.80. The van der Waals surface area contributed by atoms with E-state index in [1.165, 1.54) is 11.3 Å². The minimum absolute atomic E-state index is 0.0965. The first-order valence-corrected chi connectivity index (χ1v) is 8.96. The molecule has 5 nitrogen and oxygen atoms in total. The first kappa shape index (κ1) is 16.1. The van der Waals surface area contributed by atoms with Gasteiger partial charge in [0, 0.05) is 11.2 Å². The maximum absolute atomic E-state index is 13.0. The number of nitrogens with zero attached hydrogens (tertiary/aromatic N) is 3. The molecule has 7 heteroatoms. The standard InChI is InChI=1S/C18H14ClN3O2S/c1-11-10-22(14-8-12(19)5-6-15(14)24-11)18(23)16-9-21-17(25-16)13-4-2-3-7-20-13/h2-9,11H,10H2,1H3/t11-/m1/s1. The van der Waals surface area contributed by atoms with E-state index in [4.69, 9.17) is 16.3 Å². The number of hydrogen-bond donors (Lipinski definition) is 0. The van der Waals surface area contributed by atoms with Crippen LogP contribution in [-0.4, -0.2) is 28.5 Å². The topological polar surface area (TPSA) is 55.3 Å². The monoisotopic (exact) mass is 371 g/mol. The van der Waals surface area contributed by atoms with E-state index in [1.54, 1.807) is 35.5 Å². The minimum atomic E-state index is -0.113. The summed E-state index contributed by atoms with van der Waals surface area (Å²) in [6.07, 6.45) is 3.21. The second-order valence-corrected chi connectivity index (χ2v) is 7.17. The number of carbonyl (C=O) groups is 1. The molecule has 0 bridgehead atoms. The molecule has 0 N–H and O–H groups in total. The van der Waals surface area contributed by atoms with Crippen LogP contribution in [0.1, 0.15) is 16.6 Å². The lowest BCUT2D eigenvalue weighted by Crippen LogP contribution is -2.42. The van der Waals surface area contributed by atoms with Crippen LogP contribution in [0.5, 0.6) is 5.75 Å². The molecule has 1 atom stereocenters. The minimum Gasteiger partial charge on any atom is -0.487 e. The van der Waals surface area contributed by atoms with Crippen molar-refractivity contribution < 1.29 is 9.53 Å². The summed E-state index contributed by atoms with van der Waals surface area (Å²) >= 11 is 7.43. The fourth-order valence-corrected chi connectivity index (χ4v) is 3.72. The van der Waals surface area contributed by atoms with Gasteiger partial charge in [-0.3, -0.25) is 9.78 Å². The summed E-state index contributed by atoms with van der Waals surface area (Å²) in [6, 6.07) is 10.9. The highest BCUT2D eigenvalue weighted by atomic mass is 35.5. The summed E-state index contributed by atoms with van der Waals surface area (Å²) in [5, 5.41) is 1.28. The predicted molar refractivity (Wildman–Crippen MR) is 98.6 cm³/mol. The number of fused-ring (bicyclic) bond motifs is 1. The molecule has 1 aliphatic rings. The number of hydrogen-bond acceptors (Lipinski definition) is 5. The number of pyridine rings is 1. The Labute approximate surface area is 153 Å². The molecular formula is C18H14ClN3O2S. The molecule has 2 aromatic heterocycles. The van der Waals surface area contributed by atoms with Crippen LogP contribution in [0.25, 0.3) is 10.7 Å². The maximum atomic E-state index is 13.0. The third-order valence-corrected chi connectivity index (χ3v) is 5.07. The molecule has 1 aliphatic heterocycles. The zero-order valence-electron chi connectivity index (χ0n) is 13.3. The van der Waals surface area contributed by atoms with Gasteiger partial charge in [0.15, 0.2) is 0 Å². The molecule has 3 heterocycles. The Morgan fingerprint density at radius 2 is 2.20 bits per heavy atom. The Kier molecular flexibility index (Phi) is 4.15. The van der Waals surface area contributed by atoms with Gasteiger partial charge in [-0.1, -0.05) is 17.7 Å². The number of rotatable bonds is 2. The van der Waals surface area contributed by atoms with Gasteiger partial charge in [0.05, 0.1) is 24.1 Å². The van der Waals surface area contributed by atoms with E-state index in [2.05, 4.69) is 9.97 Å². The summed E-state index contributed by atoms with van der Waals surface area (Å²) in [5.74, 6) is 0.546. The van der Waals surface area contributed by atoms with Crippen LogP contribution >= 0.6 is 22.9 Å². The van der Waals surface area contributed by atoms with Crippen molar-refractivity contribution in [3.63, 3.8) is 0 Å². The quantitative estimate of drug-likeness (QED) is 0.674. The number of amides is 1. The Morgan fingerprint density at radius 3 is 3.00 bits per heavy atom. The molecular weight excluding hydrogens is 358 g/mol. The number of halogens is 1. The molecule has 0 radical (unpaired) electrons. The van der Waals surface area contributed by atoms with Crippen molar-refractivity contribution in [3.8, 4) is 16.5 Å². The third-order valence-electron chi connectivity index (χ3n) is 3.83. The second-order valence-electron chi connectivity index (χ2n) is 5.70.